The van der Waals surface area contributed by atoms with Gasteiger partial charge in [0, 0.05) is 48.9 Å². The van der Waals surface area contributed by atoms with Crippen LogP contribution in [0.5, 0.6) is 5.75 Å². The number of carbonyl (C=O) groups excluding carboxylic acids is 2. The minimum Gasteiger partial charge on any atom is -0.478 e. The number of carboxylic acids is 2. The Morgan fingerprint density at radius 1 is 0.979 bits per heavy atom. The number of carbonyl (C=O) groups is 4. The van der Waals surface area contributed by atoms with Crippen molar-refractivity contribution >= 4 is 58.5 Å². The fourth-order valence-electron chi connectivity index (χ4n) is 4.91. The molecule has 0 saturated carbocycles. The number of likely N-dealkylation sites (tertiary alicyclic amines) is 1. The fraction of sp³-hybridized carbons (Fsp3) is 0.448. The predicted molar refractivity (Wildman–Crippen MR) is 166 cm³/mol. The van der Waals surface area contributed by atoms with Crippen LogP contribution in [0.2, 0.25) is 10.0 Å². The van der Waals surface area contributed by atoms with Crippen LogP contribution >= 0.6 is 23.2 Å². The first kappa shape index (κ1) is 37.5. The summed E-state index contributed by atoms with van der Waals surface area (Å²) in [5.41, 5.74) is 5.18. The van der Waals surface area contributed by atoms with Gasteiger partial charge >= 0.3 is 24.1 Å². The number of anilines is 2. The number of hydrogen-bond donors (Lipinski definition) is 6. The molecule has 0 aliphatic carbocycles. The normalized spacial score (nSPS) is 18.6. The molecule has 0 aromatic heterocycles. The number of aliphatic hydroxyl groups excluding tert-OH is 1. The molecule has 258 valence electrons. The molecule has 2 atom stereocenters. The summed E-state index contributed by atoms with van der Waals surface area (Å²) in [4.78, 5) is 48.6. The van der Waals surface area contributed by atoms with E-state index in [1.54, 1.807) is 24.3 Å². The van der Waals surface area contributed by atoms with Gasteiger partial charge in [-0.3, -0.25) is 4.79 Å². The first-order valence-corrected chi connectivity index (χ1v) is 14.9. The Morgan fingerprint density at radius 2 is 1.55 bits per heavy atom. The number of ether oxygens (including phenoxy) is 1. The Labute approximate surface area is 277 Å². The third kappa shape index (κ3) is 10.2. The van der Waals surface area contributed by atoms with Crippen molar-refractivity contribution in [3.8, 4) is 5.75 Å². The average Bonchev–Trinajstić information content (AvgIpc) is 3.33. The number of benzene rings is 2. The van der Waals surface area contributed by atoms with Crippen molar-refractivity contribution in [2.24, 2.45) is 5.73 Å². The van der Waals surface area contributed by atoms with Crippen molar-refractivity contribution in [2.45, 2.75) is 56.7 Å². The maximum Gasteiger partial charge on any atom is 0.490 e. The highest BCUT2D eigenvalue weighted by Crippen LogP contribution is 2.39. The molecule has 2 aliphatic rings. The van der Waals surface area contributed by atoms with Gasteiger partial charge in [0.1, 0.15) is 5.75 Å². The van der Waals surface area contributed by atoms with Crippen LogP contribution in [0, 0.1) is 0 Å². The molecule has 2 aromatic rings. The Morgan fingerprint density at radius 3 is 2.06 bits per heavy atom. The molecule has 7 N–H and O–H groups in total. The standard InChI is InChI=1S/C27H33Cl2N5O6.C2HF3O2/c1-27(2,25(37)38)40-23-12-21(19(11-18(23)29)32-26(30)39)34-13-20(22(35)14-34)31-17-7-9-33(10-8-17)24(36)15-3-5-16(28)6-4-15;3-2(4,5)1(6)7/h3-6,11-12,17,20,22,31,35H,7-10,13-14H2,1-2H3,(H,37,38)(H3,30,32,39);(H,6,7)/t20?,22-;/m1./s1. The summed E-state index contributed by atoms with van der Waals surface area (Å²) in [6, 6.07) is 8.81. The lowest BCUT2D eigenvalue weighted by Crippen LogP contribution is -2.50. The first-order chi connectivity index (χ1) is 21.8. The molecule has 1 unspecified atom stereocenters. The first-order valence-electron chi connectivity index (χ1n) is 14.1. The second kappa shape index (κ2) is 15.3. The Kier molecular flexibility index (Phi) is 12.2. The molecule has 2 aliphatic heterocycles. The van der Waals surface area contributed by atoms with Gasteiger partial charge in [0.05, 0.1) is 28.5 Å². The molecule has 0 spiro atoms. The minimum atomic E-state index is -5.08. The molecule has 2 saturated heterocycles. The van der Waals surface area contributed by atoms with Crippen molar-refractivity contribution in [2.75, 3.05) is 36.4 Å². The van der Waals surface area contributed by atoms with Gasteiger partial charge in [-0.05, 0) is 57.0 Å². The van der Waals surface area contributed by atoms with Gasteiger partial charge in [-0.15, -0.1) is 0 Å². The number of piperidine rings is 1. The number of nitrogens with zero attached hydrogens (tertiary/aromatic N) is 2. The third-order valence-electron chi connectivity index (χ3n) is 7.38. The lowest BCUT2D eigenvalue weighted by atomic mass is 10.0. The second-order valence-corrected chi connectivity index (χ2v) is 12.2. The number of rotatable bonds is 8. The van der Waals surface area contributed by atoms with Gasteiger partial charge in [-0.2, -0.15) is 13.2 Å². The number of alkyl halides is 3. The van der Waals surface area contributed by atoms with Crippen molar-refractivity contribution in [1.29, 1.82) is 0 Å². The number of aliphatic carboxylic acids is 2. The maximum atomic E-state index is 12.8. The Hall–Kier alpha value is -3.99. The molecule has 2 aromatic carbocycles. The van der Waals surface area contributed by atoms with Crippen LogP contribution in [0.4, 0.5) is 29.3 Å². The quantitative estimate of drug-likeness (QED) is 0.235. The zero-order chi connectivity index (χ0) is 35.3. The van der Waals surface area contributed by atoms with E-state index >= 15 is 0 Å². The van der Waals surface area contributed by atoms with Crippen molar-refractivity contribution in [1.82, 2.24) is 10.2 Å². The number of nitrogens with two attached hydrogens (primary N) is 1. The summed E-state index contributed by atoms with van der Waals surface area (Å²) in [5, 5.41) is 34.2. The summed E-state index contributed by atoms with van der Waals surface area (Å²) >= 11 is 12.3. The summed E-state index contributed by atoms with van der Waals surface area (Å²) in [6.07, 6.45) is -4.37. The number of primary amides is 1. The number of hydrogen-bond acceptors (Lipinski definition) is 8. The number of carboxylic acid groups (broad SMARTS) is 2. The third-order valence-corrected chi connectivity index (χ3v) is 7.93. The van der Waals surface area contributed by atoms with E-state index in [2.05, 4.69) is 10.6 Å². The summed E-state index contributed by atoms with van der Waals surface area (Å²) in [7, 11) is 0. The average molecular weight is 709 g/mol. The summed E-state index contributed by atoms with van der Waals surface area (Å²) in [5.74, 6) is -3.86. The SMILES string of the molecule is CC(C)(Oc1cc(N2CC(NC3CCN(C(=O)c4ccc(Cl)cc4)CC3)[C@H](O)C2)c(NC(N)=O)cc1Cl)C(=O)O.O=C(O)C(F)(F)F. The Bertz CT molecular complexity index is 1470. The zero-order valence-corrected chi connectivity index (χ0v) is 26.7. The monoisotopic (exact) mass is 707 g/mol. The molecule has 2 fully saturated rings. The van der Waals surface area contributed by atoms with Gasteiger partial charge in [-0.1, -0.05) is 23.2 Å². The van der Waals surface area contributed by atoms with Gasteiger partial charge in [-0.25, -0.2) is 14.4 Å². The molecule has 4 rings (SSSR count). The second-order valence-electron chi connectivity index (χ2n) is 11.3. The highest BCUT2D eigenvalue weighted by Gasteiger charge is 2.38. The molecule has 0 bridgehead atoms. The fourth-order valence-corrected chi connectivity index (χ4v) is 5.24. The van der Waals surface area contributed by atoms with Crippen LogP contribution in [-0.4, -0.2) is 100 Å². The van der Waals surface area contributed by atoms with Crippen molar-refractivity contribution in [3.63, 3.8) is 0 Å². The largest absolute Gasteiger partial charge is 0.490 e. The van der Waals surface area contributed by atoms with E-state index in [0.717, 1.165) is 12.8 Å². The van der Waals surface area contributed by atoms with E-state index in [1.807, 2.05) is 9.80 Å². The smallest absolute Gasteiger partial charge is 0.478 e. The lowest BCUT2D eigenvalue weighted by molar-refractivity contribution is -0.192. The summed E-state index contributed by atoms with van der Waals surface area (Å²) < 4.78 is 37.4. The van der Waals surface area contributed by atoms with Crippen LogP contribution in [0.3, 0.4) is 0 Å². The van der Waals surface area contributed by atoms with Crippen molar-refractivity contribution in [3.05, 3.63) is 52.0 Å². The number of β-amino-alcohol motifs (C(OH)–C–C–N with tert-alkyl or cyclic N) is 1. The van der Waals surface area contributed by atoms with E-state index in [0.29, 0.717) is 41.6 Å². The van der Waals surface area contributed by atoms with Gasteiger partial charge < -0.3 is 46.2 Å². The summed E-state index contributed by atoms with van der Waals surface area (Å²) in [6.45, 7) is 4.58. The van der Waals surface area contributed by atoms with E-state index in [9.17, 15) is 37.8 Å². The van der Waals surface area contributed by atoms with Crippen LogP contribution in [0.1, 0.15) is 37.0 Å². The van der Waals surface area contributed by atoms with Crippen LogP contribution < -0.4 is 26.0 Å². The van der Waals surface area contributed by atoms with E-state index < -0.39 is 35.9 Å². The Balaban J connectivity index is 0.000000771. The number of nitrogens with one attached hydrogen (secondary N) is 2. The molecule has 47 heavy (non-hydrogen) atoms. The molecular formula is C29H34Cl2F3N5O8. The van der Waals surface area contributed by atoms with Gasteiger partial charge in [0.2, 0.25) is 0 Å². The number of amides is 3. The molecular weight excluding hydrogens is 674 g/mol. The lowest BCUT2D eigenvalue weighted by Gasteiger charge is -2.34. The van der Waals surface area contributed by atoms with E-state index in [-0.39, 0.29) is 35.3 Å². The number of halogens is 5. The topological polar surface area (TPSA) is 195 Å². The van der Waals surface area contributed by atoms with Crippen LogP contribution in [0.15, 0.2) is 36.4 Å². The van der Waals surface area contributed by atoms with Crippen LogP contribution in [-0.2, 0) is 9.59 Å². The van der Waals surface area contributed by atoms with Crippen LogP contribution in [0.25, 0.3) is 0 Å². The molecule has 13 nitrogen and oxygen atoms in total. The van der Waals surface area contributed by atoms with Crippen molar-refractivity contribution < 1.29 is 52.4 Å². The molecule has 18 heteroatoms. The van der Waals surface area contributed by atoms with E-state index in [1.165, 1.54) is 26.0 Å². The number of aliphatic hydroxyl groups is 1. The zero-order valence-electron chi connectivity index (χ0n) is 25.2. The van der Waals surface area contributed by atoms with E-state index in [4.69, 9.17) is 43.6 Å². The van der Waals surface area contributed by atoms with Gasteiger partial charge in [0.25, 0.3) is 5.91 Å². The highest BCUT2D eigenvalue weighted by molar-refractivity contribution is 6.32. The molecule has 0 radical (unpaired) electrons. The molecule has 3 amide bonds. The maximum absolute atomic E-state index is 12.8. The van der Waals surface area contributed by atoms with Gasteiger partial charge in [0.15, 0.2) is 5.60 Å². The number of urea groups is 1. The molecule has 2 heterocycles. The minimum absolute atomic E-state index is 0.0384. The predicted octanol–water partition coefficient (Wildman–Crippen LogP) is 3.80. The highest BCUT2D eigenvalue weighted by atomic mass is 35.5.